The predicted octanol–water partition coefficient (Wildman–Crippen LogP) is -0.369. The molecule has 0 saturated carbocycles. The molecule has 0 amide bonds. The molecular weight excluding hydrogens is 244 g/mol. The lowest BCUT2D eigenvalue weighted by atomic mass is 10.1. The first-order valence-electron chi connectivity index (χ1n) is 5.62. The standard InChI is InChI=1S/C9H16N4O3S/c14-17(15,6-8-3-1-2-4-10-8)12-5-9-11-7-16-13-9/h7-8,10,12H,1-6H2. The zero-order valence-corrected chi connectivity index (χ0v) is 10.2. The molecule has 8 heteroatoms. The first-order chi connectivity index (χ1) is 8.16. The minimum Gasteiger partial charge on any atom is -0.343 e. The molecule has 0 spiro atoms. The maximum absolute atomic E-state index is 11.8. The summed E-state index contributed by atoms with van der Waals surface area (Å²) >= 11 is 0. The van der Waals surface area contributed by atoms with Crippen molar-refractivity contribution in [3.63, 3.8) is 0 Å². The zero-order chi connectivity index (χ0) is 12.1. The van der Waals surface area contributed by atoms with Crippen LogP contribution >= 0.6 is 0 Å². The SMILES string of the molecule is O=S(=O)(CC1CCCCN1)NCc1ncon1. The summed E-state index contributed by atoms with van der Waals surface area (Å²) in [5.74, 6) is 0.440. The third-order valence-corrected chi connectivity index (χ3v) is 4.12. The molecule has 96 valence electrons. The van der Waals surface area contributed by atoms with Gasteiger partial charge in [-0.25, -0.2) is 13.1 Å². The third kappa shape index (κ3) is 4.06. The largest absolute Gasteiger partial charge is 0.343 e. The summed E-state index contributed by atoms with van der Waals surface area (Å²) in [5, 5.41) is 6.74. The molecular formula is C9H16N4O3S. The Morgan fingerprint density at radius 3 is 3.06 bits per heavy atom. The van der Waals surface area contributed by atoms with Gasteiger partial charge in [-0.3, -0.25) is 0 Å². The molecule has 17 heavy (non-hydrogen) atoms. The van der Waals surface area contributed by atoms with Crippen LogP contribution in [0.4, 0.5) is 0 Å². The monoisotopic (exact) mass is 260 g/mol. The van der Waals surface area contributed by atoms with Crippen LogP contribution in [0, 0.1) is 0 Å². The van der Waals surface area contributed by atoms with Gasteiger partial charge in [-0.1, -0.05) is 11.6 Å². The highest BCUT2D eigenvalue weighted by Gasteiger charge is 2.20. The van der Waals surface area contributed by atoms with E-state index >= 15 is 0 Å². The summed E-state index contributed by atoms with van der Waals surface area (Å²) in [6.45, 7) is 0.969. The first-order valence-corrected chi connectivity index (χ1v) is 7.27. The Morgan fingerprint density at radius 2 is 2.41 bits per heavy atom. The van der Waals surface area contributed by atoms with Crippen molar-refractivity contribution in [1.82, 2.24) is 20.2 Å². The molecule has 2 heterocycles. The van der Waals surface area contributed by atoms with Crippen LogP contribution in [0.3, 0.4) is 0 Å². The van der Waals surface area contributed by atoms with Gasteiger partial charge >= 0.3 is 0 Å². The van der Waals surface area contributed by atoms with E-state index in [2.05, 4.69) is 24.7 Å². The summed E-state index contributed by atoms with van der Waals surface area (Å²) in [5.41, 5.74) is 0. The van der Waals surface area contributed by atoms with Crippen LogP contribution in [0.5, 0.6) is 0 Å². The van der Waals surface area contributed by atoms with Gasteiger partial charge in [-0.05, 0) is 19.4 Å². The number of piperidine rings is 1. The highest BCUT2D eigenvalue weighted by Crippen LogP contribution is 2.08. The minimum absolute atomic E-state index is 0.0477. The van der Waals surface area contributed by atoms with E-state index in [-0.39, 0.29) is 18.3 Å². The molecule has 1 aromatic rings. The van der Waals surface area contributed by atoms with E-state index in [0.717, 1.165) is 25.8 Å². The molecule has 1 atom stereocenters. The van der Waals surface area contributed by atoms with Crippen LogP contribution in [-0.2, 0) is 16.6 Å². The summed E-state index contributed by atoms with van der Waals surface area (Å²) in [7, 11) is -3.29. The van der Waals surface area contributed by atoms with E-state index in [4.69, 9.17) is 0 Å². The number of sulfonamides is 1. The Kier molecular flexibility index (Phi) is 4.08. The molecule has 1 aromatic heterocycles. The number of hydrogen-bond donors (Lipinski definition) is 2. The van der Waals surface area contributed by atoms with E-state index < -0.39 is 10.0 Å². The van der Waals surface area contributed by atoms with E-state index in [1.165, 1.54) is 6.39 Å². The van der Waals surface area contributed by atoms with Crippen LogP contribution in [0.1, 0.15) is 25.1 Å². The van der Waals surface area contributed by atoms with Crippen LogP contribution in [-0.4, -0.2) is 36.9 Å². The summed E-state index contributed by atoms with van der Waals surface area (Å²) in [6, 6.07) is 0.0477. The molecule has 1 aliphatic rings. The highest BCUT2D eigenvalue weighted by atomic mass is 32.2. The van der Waals surface area contributed by atoms with Crippen molar-refractivity contribution in [2.24, 2.45) is 0 Å². The Labute approximate surface area is 100 Å². The van der Waals surface area contributed by atoms with Gasteiger partial charge in [0.05, 0.1) is 12.3 Å². The second-order valence-electron chi connectivity index (χ2n) is 4.10. The summed E-state index contributed by atoms with van der Waals surface area (Å²) in [6.07, 6.45) is 4.28. The maximum Gasteiger partial charge on any atom is 0.213 e. The summed E-state index contributed by atoms with van der Waals surface area (Å²) in [4.78, 5) is 3.75. The van der Waals surface area contributed by atoms with Gasteiger partial charge in [0.15, 0.2) is 5.82 Å². The Bertz CT molecular complexity index is 425. The molecule has 0 aliphatic carbocycles. The van der Waals surface area contributed by atoms with Gasteiger partial charge in [0.25, 0.3) is 0 Å². The Morgan fingerprint density at radius 1 is 1.53 bits per heavy atom. The van der Waals surface area contributed by atoms with Gasteiger partial charge in [0.1, 0.15) is 0 Å². The second kappa shape index (κ2) is 5.56. The van der Waals surface area contributed by atoms with Crippen LogP contribution in [0.15, 0.2) is 10.9 Å². The van der Waals surface area contributed by atoms with Crippen molar-refractivity contribution in [2.75, 3.05) is 12.3 Å². The Hall–Kier alpha value is -0.990. The normalized spacial score (nSPS) is 21.5. The van der Waals surface area contributed by atoms with Crippen molar-refractivity contribution in [2.45, 2.75) is 31.8 Å². The zero-order valence-electron chi connectivity index (χ0n) is 9.42. The molecule has 0 aromatic carbocycles. The van der Waals surface area contributed by atoms with Crippen LogP contribution in [0.2, 0.25) is 0 Å². The molecule has 1 unspecified atom stereocenters. The fraction of sp³-hybridized carbons (Fsp3) is 0.778. The van der Waals surface area contributed by atoms with Crippen molar-refractivity contribution in [3.05, 3.63) is 12.2 Å². The molecule has 7 nitrogen and oxygen atoms in total. The van der Waals surface area contributed by atoms with Gasteiger partial charge < -0.3 is 9.84 Å². The van der Waals surface area contributed by atoms with E-state index in [9.17, 15) is 8.42 Å². The number of hydrogen-bond acceptors (Lipinski definition) is 6. The van der Waals surface area contributed by atoms with Crippen molar-refractivity contribution in [3.8, 4) is 0 Å². The highest BCUT2D eigenvalue weighted by molar-refractivity contribution is 7.89. The first kappa shape index (κ1) is 12.5. The van der Waals surface area contributed by atoms with Gasteiger partial charge in [-0.15, -0.1) is 0 Å². The quantitative estimate of drug-likeness (QED) is 0.750. The second-order valence-corrected chi connectivity index (χ2v) is 5.95. The third-order valence-electron chi connectivity index (χ3n) is 2.69. The molecule has 2 rings (SSSR count). The Balaban J connectivity index is 1.81. The molecule has 1 fully saturated rings. The van der Waals surface area contributed by atoms with E-state index in [1.54, 1.807) is 0 Å². The molecule has 1 saturated heterocycles. The molecule has 1 aliphatic heterocycles. The minimum atomic E-state index is -3.29. The maximum atomic E-state index is 11.8. The van der Waals surface area contributed by atoms with E-state index in [1.807, 2.05) is 0 Å². The lowest BCUT2D eigenvalue weighted by Gasteiger charge is -2.23. The van der Waals surface area contributed by atoms with Crippen LogP contribution < -0.4 is 10.0 Å². The lowest BCUT2D eigenvalue weighted by molar-refractivity contribution is 0.408. The number of aromatic nitrogens is 2. The fourth-order valence-corrected chi connectivity index (χ4v) is 3.12. The summed E-state index contributed by atoms with van der Waals surface area (Å²) < 4.78 is 30.5. The number of nitrogens with one attached hydrogen (secondary N) is 2. The van der Waals surface area contributed by atoms with Crippen LogP contribution in [0.25, 0.3) is 0 Å². The smallest absolute Gasteiger partial charge is 0.213 e. The van der Waals surface area contributed by atoms with Gasteiger partial charge in [0.2, 0.25) is 16.4 Å². The molecule has 0 radical (unpaired) electrons. The molecule has 0 bridgehead atoms. The number of rotatable bonds is 5. The average Bonchev–Trinajstić information content (AvgIpc) is 2.80. The van der Waals surface area contributed by atoms with Crippen molar-refractivity contribution < 1.29 is 12.9 Å². The predicted molar refractivity (Wildman–Crippen MR) is 60.6 cm³/mol. The average molecular weight is 260 g/mol. The lowest BCUT2D eigenvalue weighted by Crippen LogP contribution is -2.42. The van der Waals surface area contributed by atoms with Gasteiger partial charge in [-0.2, -0.15) is 4.98 Å². The van der Waals surface area contributed by atoms with E-state index in [0.29, 0.717) is 5.82 Å². The fourth-order valence-electron chi connectivity index (χ4n) is 1.83. The molecule has 2 N–H and O–H groups in total. The van der Waals surface area contributed by atoms with Crippen molar-refractivity contribution in [1.29, 1.82) is 0 Å². The van der Waals surface area contributed by atoms with Gasteiger partial charge in [0, 0.05) is 6.04 Å². The topological polar surface area (TPSA) is 97.1 Å². The van der Waals surface area contributed by atoms with Crippen molar-refractivity contribution >= 4 is 10.0 Å². The number of nitrogens with zero attached hydrogens (tertiary/aromatic N) is 2.